The Kier molecular flexibility index (Phi) is 4.70. The molecular formula is C14H17ClN4OS. The summed E-state index contributed by atoms with van der Waals surface area (Å²) in [7, 11) is 0. The van der Waals surface area contributed by atoms with E-state index >= 15 is 0 Å². The fourth-order valence-corrected chi connectivity index (χ4v) is 3.53. The molecule has 1 amide bonds. The van der Waals surface area contributed by atoms with Gasteiger partial charge >= 0.3 is 0 Å². The summed E-state index contributed by atoms with van der Waals surface area (Å²) in [4.78, 5) is 18.7. The van der Waals surface area contributed by atoms with E-state index in [2.05, 4.69) is 20.5 Å². The minimum absolute atomic E-state index is 0.0120. The van der Waals surface area contributed by atoms with Crippen molar-refractivity contribution in [3.8, 4) is 0 Å². The van der Waals surface area contributed by atoms with Gasteiger partial charge in [-0.3, -0.25) is 9.69 Å². The predicted molar refractivity (Wildman–Crippen MR) is 87.2 cm³/mol. The van der Waals surface area contributed by atoms with Crippen LogP contribution in [0, 0.1) is 0 Å². The zero-order valence-corrected chi connectivity index (χ0v) is 13.1. The molecule has 0 radical (unpaired) electrons. The van der Waals surface area contributed by atoms with E-state index in [1.165, 1.54) is 11.3 Å². The Hall–Kier alpha value is -1.21. The van der Waals surface area contributed by atoms with Crippen LogP contribution in [0.5, 0.6) is 0 Å². The number of thiazole rings is 1. The first-order valence-electron chi connectivity index (χ1n) is 7.00. The second kappa shape index (κ2) is 6.70. The summed E-state index contributed by atoms with van der Waals surface area (Å²) in [5.74, 6) is -0.0120. The van der Waals surface area contributed by atoms with Gasteiger partial charge in [0.05, 0.1) is 16.8 Å². The van der Waals surface area contributed by atoms with Crippen LogP contribution < -0.4 is 10.6 Å². The van der Waals surface area contributed by atoms with Crippen LogP contribution in [0.3, 0.4) is 0 Å². The lowest BCUT2D eigenvalue weighted by atomic mass is 10.3. The number of anilines is 1. The molecule has 1 fully saturated rings. The third kappa shape index (κ3) is 3.91. The van der Waals surface area contributed by atoms with Crippen LogP contribution in [-0.4, -0.2) is 48.5 Å². The van der Waals surface area contributed by atoms with E-state index < -0.39 is 0 Å². The molecule has 21 heavy (non-hydrogen) atoms. The number of aromatic nitrogens is 1. The molecule has 0 spiro atoms. The summed E-state index contributed by atoms with van der Waals surface area (Å²) in [6.45, 7) is 4.24. The Morgan fingerprint density at radius 1 is 1.43 bits per heavy atom. The number of amides is 1. The van der Waals surface area contributed by atoms with Crippen LogP contribution in [0.1, 0.15) is 6.42 Å². The van der Waals surface area contributed by atoms with Crippen molar-refractivity contribution in [3.63, 3.8) is 0 Å². The van der Waals surface area contributed by atoms with Crippen molar-refractivity contribution in [2.75, 3.05) is 38.0 Å². The fourth-order valence-electron chi connectivity index (χ4n) is 2.37. The number of nitrogens with zero attached hydrogens (tertiary/aromatic N) is 2. The number of rotatable bonds is 3. The normalized spacial score (nSPS) is 16.8. The van der Waals surface area contributed by atoms with Crippen LogP contribution in [0.4, 0.5) is 5.13 Å². The third-order valence-corrected chi connectivity index (χ3v) is 4.57. The van der Waals surface area contributed by atoms with Crippen molar-refractivity contribution < 1.29 is 4.79 Å². The van der Waals surface area contributed by atoms with Crippen LogP contribution >= 0.6 is 22.9 Å². The minimum atomic E-state index is -0.0120. The highest BCUT2D eigenvalue weighted by molar-refractivity contribution is 7.22. The van der Waals surface area contributed by atoms with Gasteiger partial charge < -0.3 is 10.6 Å². The lowest BCUT2D eigenvalue weighted by Crippen LogP contribution is -2.35. The summed E-state index contributed by atoms with van der Waals surface area (Å²) >= 11 is 7.40. The van der Waals surface area contributed by atoms with Gasteiger partial charge in [0, 0.05) is 18.1 Å². The van der Waals surface area contributed by atoms with E-state index in [0.717, 1.165) is 42.8 Å². The molecule has 1 saturated heterocycles. The molecule has 0 unspecified atom stereocenters. The van der Waals surface area contributed by atoms with Crippen molar-refractivity contribution in [3.05, 3.63) is 23.2 Å². The summed E-state index contributed by atoms with van der Waals surface area (Å²) < 4.78 is 0.983. The molecule has 7 heteroatoms. The minimum Gasteiger partial charge on any atom is -0.315 e. The molecule has 0 bridgehead atoms. The van der Waals surface area contributed by atoms with Crippen molar-refractivity contribution in [2.45, 2.75) is 6.42 Å². The van der Waals surface area contributed by atoms with Gasteiger partial charge in [0.25, 0.3) is 0 Å². The molecule has 2 heterocycles. The maximum absolute atomic E-state index is 12.1. The van der Waals surface area contributed by atoms with Crippen LogP contribution in [0.2, 0.25) is 5.02 Å². The quantitative estimate of drug-likeness (QED) is 0.908. The first-order chi connectivity index (χ1) is 10.2. The first kappa shape index (κ1) is 14.7. The summed E-state index contributed by atoms with van der Waals surface area (Å²) in [6.07, 6.45) is 1.08. The molecule has 1 aliphatic rings. The van der Waals surface area contributed by atoms with Crippen LogP contribution in [-0.2, 0) is 4.79 Å². The monoisotopic (exact) mass is 324 g/mol. The van der Waals surface area contributed by atoms with Gasteiger partial charge in [0.2, 0.25) is 5.91 Å². The zero-order valence-electron chi connectivity index (χ0n) is 11.6. The Labute approximate surface area is 132 Å². The Morgan fingerprint density at radius 2 is 2.33 bits per heavy atom. The Balaban J connectivity index is 1.62. The SMILES string of the molecule is O=C(CN1CCCNCC1)Nc1nc2ccc(Cl)cc2s1. The molecule has 1 aromatic carbocycles. The summed E-state index contributed by atoms with van der Waals surface area (Å²) in [6, 6.07) is 5.54. The van der Waals surface area contributed by atoms with Crippen molar-refractivity contribution in [1.29, 1.82) is 0 Å². The number of benzene rings is 1. The first-order valence-corrected chi connectivity index (χ1v) is 8.19. The molecule has 0 saturated carbocycles. The van der Waals surface area contributed by atoms with Gasteiger partial charge in [0.15, 0.2) is 5.13 Å². The number of nitrogens with one attached hydrogen (secondary N) is 2. The topological polar surface area (TPSA) is 57.3 Å². The van der Waals surface area contributed by atoms with Gasteiger partial charge in [-0.25, -0.2) is 4.98 Å². The molecule has 1 aromatic heterocycles. The number of carbonyl (C=O) groups is 1. The number of hydrogen-bond acceptors (Lipinski definition) is 5. The van der Waals surface area contributed by atoms with Gasteiger partial charge in [-0.1, -0.05) is 22.9 Å². The van der Waals surface area contributed by atoms with E-state index in [-0.39, 0.29) is 5.91 Å². The maximum Gasteiger partial charge on any atom is 0.240 e. The maximum atomic E-state index is 12.1. The standard InChI is InChI=1S/C14H17ClN4OS/c15-10-2-3-11-12(8-10)21-14(17-11)18-13(20)9-19-6-1-4-16-5-7-19/h2-3,8,16H,1,4-7,9H2,(H,17,18,20). The largest absolute Gasteiger partial charge is 0.315 e. The van der Waals surface area contributed by atoms with E-state index in [0.29, 0.717) is 16.7 Å². The fraction of sp³-hybridized carbons (Fsp3) is 0.429. The van der Waals surface area contributed by atoms with E-state index in [4.69, 9.17) is 11.6 Å². The summed E-state index contributed by atoms with van der Waals surface area (Å²) in [5, 5.41) is 7.52. The average molecular weight is 325 g/mol. The molecule has 2 aromatic rings. The second-order valence-corrected chi connectivity index (χ2v) is 6.53. The van der Waals surface area contributed by atoms with Crippen molar-refractivity contribution >= 4 is 44.2 Å². The highest BCUT2D eigenvalue weighted by atomic mass is 35.5. The van der Waals surface area contributed by atoms with E-state index in [1.807, 2.05) is 12.1 Å². The zero-order chi connectivity index (χ0) is 14.7. The van der Waals surface area contributed by atoms with Gasteiger partial charge in [-0.05, 0) is 37.7 Å². The highest BCUT2D eigenvalue weighted by Crippen LogP contribution is 2.28. The average Bonchev–Trinajstić information content (AvgIpc) is 2.66. The number of hydrogen-bond donors (Lipinski definition) is 2. The van der Waals surface area contributed by atoms with Crippen molar-refractivity contribution in [2.24, 2.45) is 0 Å². The van der Waals surface area contributed by atoms with Gasteiger partial charge in [-0.2, -0.15) is 0 Å². The van der Waals surface area contributed by atoms with Gasteiger partial charge in [0.1, 0.15) is 0 Å². The molecule has 112 valence electrons. The van der Waals surface area contributed by atoms with Crippen LogP contribution in [0.25, 0.3) is 10.2 Å². The lowest BCUT2D eigenvalue weighted by Gasteiger charge is -2.17. The van der Waals surface area contributed by atoms with E-state index in [9.17, 15) is 4.79 Å². The number of fused-ring (bicyclic) bond motifs is 1. The lowest BCUT2D eigenvalue weighted by molar-refractivity contribution is -0.117. The molecule has 1 aliphatic heterocycles. The Morgan fingerprint density at radius 3 is 3.24 bits per heavy atom. The molecule has 0 aliphatic carbocycles. The number of carbonyl (C=O) groups excluding carboxylic acids is 1. The van der Waals surface area contributed by atoms with E-state index in [1.54, 1.807) is 6.07 Å². The molecule has 3 rings (SSSR count). The molecular weight excluding hydrogens is 308 g/mol. The van der Waals surface area contributed by atoms with Crippen LogP contribution in [0.15, 0.2) is 18.2 Å². The highest BCUT2D eigenvalue weighted by Gasteiger charge is 2.14. The summed E-state index contributed by atoms with van der Waals surface area (Å²) in [5.41, 5.74) is 0.860. The smallest absolute Gasteiger partial charge is 0.240 e. The Bertz CT molecular complexity index is 637. The third-order valence-electron chi connectivity index (χ3n) is 3.40. The molecule has 5 nitrogen and oxygen atoms in total. The second-order valence-electron chi connectivity index (χ2n) is 5.06. The van der Waals surface area contributed by atoms with Gasteiger partial charge in [-0.15, -0.1) is 0 Å². The molecule has 2 N–H and O–H groups in total. The number of halogens is 1. The van der Waals surface area contributed by atoms with Crippen molar-refractivity contribution in [1.82, 2.24) is 15.2 Å². The molecule has 0 atom stereocenters. The predicted octanol–water partition coefficient (Wildman–Crippen LogP) is 2.18.